The Morgan fingerprint density at radius 3 is 2.83 bits per heavy atom. The molecule has 0 bridgehead atoms. The molecular formula is C15H20ClNO6S. The summed E-state index contributed by atoms with van der Waals surface area (Å²) >= 11 is 5.92. The van der Waals surface area contributed by atoms with Gasteiger partial charge in [-0.3, -0.25) is 4.79 Å². The predicted molar refractivity (Wildman–Crippen MR) is 87.9 cm³/mol. The van der Waals surface area contributed by atoms with Gasteiger partial charge in [0.15, 0.2) is 0 Å². The first-order chi connectivity index (χ1) is 11.2. The van der Waals surface area contributed by atoms with Crippen LogP contribution in [0, 0.1) is 5.92 Å². The number of benzene rings is 1. The Bertz CT molecular complexity index is 702. The van der Waals surface area contributed by atoms with Crippen LogP contribution in [0.1, 0.15) is 13.3 Å². The molecule has 0 spiro atoms. The molecule has 1 heterocycles. The smallest absolute Gasteiger partial charge is 0.321 e. The summed E-state index contributed by atoms with van der Waals surface area (Å²) in [7, 11) is -2.86. The molecule has 0 saturated carbocycles. The lowest BCUT2D eigenvalue weighted by Gasteiger charge is -2.23. The van der Waals surface area contributed by atoms with Crippen LogP contribution in [0.15, 0.2) is 23.1 Å². The van der Waals surface area contributed by atoms with E-state index in [1.54, 1.807) is 0 Å². The highest BCUT2D eigenvalue weighted by Crippen LogP contribution is 2.31. The lowest BCUT2D eigenvalue weighted by Crippen LogP contribution is -2.40. The van der Waals surface area contributed by atoms with Crippen LogP contribution in [0.2, 0.25) is 5.02 Å². The van der Waals surface area contributed by atoms with Gasteiger partial charge in [-0.25, -0.2) is 8.42 Å². The first-order valence-corrected chi connectivity index (χ1v) is 9.26. The highest BCUT2D eigenvalue weighted by molar-refractivity contribution is 7.89. The maximum absolute atomic E-state index is 12.7. The topological polar surface area (TPSA) is 93.1 Å². The summed E-state index contributed by atoms with van der Waals surface area (Å²) in [4.78, 5) is 10.9. The molecular weight excluding hydrogens is 358 g/mol. The minimum Gasteiger partial charge on any atom is -0.492 e. The maximum Gasteiger partial charge on any atom is 0.321 e. The SMILES string of the molecule is CC(C(=O)O)N(C)S(=O)(=O)c1cc(Cl)ccc1OCC1CCOC1. The highest BCUT2D eigenvalue weighted by Gasteiger charge is 2.32. The normalized spacial score (nSPS) is 19.4. The summed E-state index contributed by atoms with van der Waals surface area (Å²) in [5.74, 6) is -0.892. The monoisotopic (exact) mass is 377 g/mol. The maximum atomic E-state index is 12.7. The van der Waals surface area contributed by atoms with Crippen molar-refractivity contribution in [2.45, 2.75) is 24.3 Å². The molecule has 0 aromatic heterocycles. The number of ether oxygens (including phenoxy) is 2. The zero-order valence-corrected chi connectivity index (χ0v) is 15.0. The quantitative estimate of drug-likeness (QED) is 0.779. The lowest BCUT2D eigenvalue weighted by molar-refractivity contribution is -0.140. The van der Waals surface area contributed by atoms with Crippen LogP contribution >= 0.6 is 11.6 Å². The van der Waals surface area contributed by atoms with Crippen molar-refractivity contribution in [1.29, 1.82) is 0 Å². The zero-order chi connectivity index (χ0) is 17.9. The predicted octanol–water partition coefficient (Wildman–Crippen LogP) is 1.85. The molecule has 0 aliphatic carbocycles. The summed E-state index contributed by atoms with van der Waals surface area (Å²) in [6.45, 7) is 2.85. The van der Waals surface area contributed by atoms with E-state index in [0.717, 1.165) is 10.7 Å². The molecule has 1 fully saturated rings. The first kappa shape index (κ1) is 19.0. The van der Waals surface area contributed by atoms with Crippen LogP contribution < -0.4 is 4.74 Å². The van der Waals surface area contributed by atoms with Crippen molar-refractivity contribution >= 4 is 27.6 Å². The van der Waals surface area contributed by atoms with E-state index in [2.05, 4.69) is 0 Å². The van der Waals surface area contributed by atoms with Gasteiger partial charge in [-0.1, -0.05) is 11.6 Å². The highest BCUT2D eigenvalue weighted by atomic mass is 35.5. The Kier molecular flexibility index (Phi) is 6.08. The molecule has 2 atom stereocenters. The van der Waals surface area contributed by atoms with Crippen molar-refractivity contribution < 1.29 is 27.8 Å². The van der Waals surface area contributed by atoms with Gasteiger partial charge in [-0.15, -0.1) is 0 Å². The number of carbonyl (C=O) groups is 1. The fourth-order valence-corrected chi connectivity index (χ4v) is 3.95. The van der Waals surface area contributed by atoms with Crippen LogP contribution in [0.5, 0.6) is 5.75 Å². The summed E-state index contributed by atoms with van der Waals surface area (Å²) in [5.41, 5.74) is 0. The van der Waals surface area contributed by atoms with Gasteiger partial charge in [0, 0.05) is 24.6 Å². The van der Waals surface area contributed by atoms with E-state index < -0.39 is 22.0 Å². The molecule has 2 rings (SSSR count). The van der Waals surface area contributed by atoms with Crippen molar-refractivity contribution in [1.82, 2.24) is 4.31 Å². The number of hydrogen-bond donors (Lipinski definition) is 1. The van der Waals surface area contributed by atoms with Crippen LogP contribution in [-0.2, 0) is 19.6 Å². The number of nitrogens with zero attached hydrogens (tertiary/aromatic N) is 1. The molecule has 1 aliphatic heterocycles. The van der Waals surface area contributed by atoms with Crippen LogP contribution in [-0.4, -0.2) is 56.7 Å². The third kappa shape index (κ3) is 4.18. The van der Waals surface area contributed by atoms with Crippen molar-refractivity contribution in [3.63, 3.8) is 0 Å². The number of carboxylic acid groups (broad SMARTS) is 1. The van der Waals surface area contributed by atoms with Gasteiger partial charge in [0.2, 0.25) is 10.0 Å². The van der Waals surface area contributed by atoms with E-state index in [9.17, 15) is 13.2 Å². The molecule has 7 nitrogen and oxygen atoms in total. The standard InChI is InChI=1S/C15H20ClNO6S/c1-10(15(18)19)17(2)24(20,21)14-7-12(16)3-4-13(14)23-9-11-5-6-22-8-11/h3-4,7,10-11H,5-6,8-9H2,1-2H3,(H,18,19). The molecule has 1 N–H and O–H groups in total. The molecule has 1 aliphatic rings. The molecule has 0 radical (unpaired) electrons. The van der Waals surface area contributed by atoms with E-state index in [0.29, 0.717) is 19.8 Å². The second-order valence-corrected chi connectivity index (χ2v) is 8.07. The third-order valence-corrected chi connectivity index (χ3v) is 6.15. The summed E-state index contributed by atoms with van der Waals surface area (Å²) in [6, 6.07) is 3.05. The number of aliphatic carboxylic acids is 1. The summed E-state index contributed by atoms with van der Waals surface area (Å²) < 4.78 is 37.2. The van der Waals surface area contributed by atoms with Gasteiger partial charge in [-0.05, 0) is 31.5 Å². The number of carboxylic acids is 1. The van der Waals surface area contributed by atoms with E-state index in [-0.39, 0.29) is 21.6 Å². The molecule has 0 amide bonds. The average Bonchev–Trinajstić information content (AvgIpc) is 3.05. The molecule has 2 unspecified atom stereocenters. The fourth-order valence-electron chi connectivity index (χ4n) is 2.24. The Labute approximate surface area is 146 Å². The van der Waals surface area contributed by atoms with Crippen molar-refractivity contribution in [2.75, 3.05) is 26.9 Å². The van der Waals surface area contributed by atoms with Gasteiger partial charge >= 0.3 is 5.97 Å². The van der Waals surface area contributed by atoms with Crippen molar-refractivity contribution in [2.24, 2.45) is 5.92 Å². The van der Waals surface area contributed by atoms with Gasteiger partial charge in [0.05, 0.1) is 13.2 Å². The fraction of sp³-hybridized carbons (Fsp3) is 0.533. The first-order valence-electron chi connectivity index (χ1n) is 7.44. The van der Waals surface area contributed by atoms with Gasteiger partial charge < -0.3 is 14.6 Å². The van der Waals surface area contributed by atoms with E-state index in [4.69, 9.17) is 26.2 Å². The molecule has 9 heteroatoms. The summed E-state index contributed by atoms with van der Waals surface area (Å²) in [6.07, 6.45) is 0.853. The third-order valence-electron chi connectivity index (χ3n) is 3.96. The Morgan fingerprint density at radius 2 is 2.25 bits per heavy atom. The van der Waals surface area contributed by atoms with Crippen molar-refractivity contribution in [3.8, 4) is 5.75 Å². The van der Waals surface area contributed by atoms with Gasteiger partial charge in [-0.2, -0.15) is 4.31 Å². The Morgan fingerprint density at radius 1 is 1.54 bits per heavy atom. The van der Waals surface area contributed by atoms with Crippen LogP contribution in [0.25, 0.3) is 0 Å². The second-order valence-electron chi connectivity index (χ2n) is 5.67. The Hall–Kier alpha value is -1.35. The average molecular weight is 378 g/mol. The minimum atomic E-state index is -4.07. The molecule has 1 aromatic carbocycles. The summed E-state index contributed by atoms with van der Waals surface area (Å²) in [5, 5.41) is 9.28. The molecule has 1 saturated heterocycles. The van der Waals surface area contributed by atoms with Crippen LogP contribution in [0.3, 0.4) is 0 Å². The number of hydrogen-bond acceptors (Lipinski definition) is 5. The van der Waals surface area contributed by atoms with E-state index in [1.807, 2.05) is 0 Å². The van der Waals surface area contributed by atoms with E-state index >= 15 is 0 Å². The lowest BCUT2D eigenvalue weighted by atomic mass is 10.1. The molecule has 24 heavy (non-hydrogen) atoms. The number of rotatable bonds is 7. The Balaban J connectivity index is 2.29. The van der Waals surface area contributed by atoms with Gasteiger partial charge in [0.1, 0.15) is 16.7 Å². The zero-order valence-electron chi connectivity index (χ0n) is 13.4. The second kappa shape index (κ2) is 7.69. The van der Waals surface area contributed by atoms with Crippen molar-refractivity contribution in [3.05, 3.63) is 23.2 Å². The number of sulfonamides is 1. The van der Waals surface area contributed by atoms with E-state index in [1.165, 1.54) is 32.2 Å². The van der Waals surface area contributed by atoms with Gasteiger partial charge in [0.25, 0.3) is 0 Å². The number of halogens is 1. The molecule has 1 aromatic rings. The van der Waals surface area contributed by atoms with Crippen LogP contribution in [0.4, 0.5) is 0 Å². The largest absolute Gasteiger partial charge is 0.492 e. The molecule has 134 valence electrons. The number of likely N-dealkylation sites (N-methyl/N-ethyl adjacent to an activating group) is 1. The minimum absolute atomic E-state index is 0.149.